The van der Waals surface area contributed by atoms with Crippen molar-refractivity contribution >= 4 is 27.6 Å². The van der Waals surface area contributed by atoms with Crippen LogP contribution in [0.25, 0.3) is 0 Å². The maximum absolute atomic E-state index is 12.6. The minimum atomic E-state index is -3.86. The summed E-state index contributed by atoms with van der Waals surface area (Å²) in [4.78, 5) is 39.4. The number of sulfonamides is 1. The molecule has 0 aromatic carbocycles. The number of aromatic nitrogens is 2. The van der Waals surface area contributed by atoms with Crippen LogP contribution in [0.1, 0.15) is 32.6 Å². The predicted octanol–water partition coefficient (Wildman–Crippen LogP) is -0.840. The smallest absolute Gasteiger partial charge is 0.262 e. The summed E-state index contributed by atoms with van der Waals surface area (Å²) in [6.07, 6.45) is 3.91. The van der Waals surface area contributed by atoms with Crippen molar-refractivity contribution in [1.29, 1.82) is 0 Å². The summed E-state index contributed by atoms with van der Waals surface area (Å²) in [7, 11) is -2.21. The number of imidazole rings is 1. The van der Waals surface area contributed by atoms with Gasteiger partial charge in [0, 0.05) is 32.1 Å². The van der Waals surface area contributed by atoms with E-state index >= 15 is 0 Å². The highest BCUT2D eigenvalue weighted by Gasteiger charge is 2.34. The zero-order valence-electron chi connectivity index (χ0n) is 15.4. The van der Waals surface area contributed by atoms with E-state index in [1.807, 2.05) is 0 Å². The maximum atomic E-state index is 12.6. The van der Waals surface area contributed by atoms with Gasteiger partial charge in [0.2, 0.25) is 11.8 Å². The summed E-state index contributed by atoms with van der Waals surface area (Å²) < 4.78 is 27.9. The fraction of sp³-hybridized carbons (Fsp3) is 0.625. The molecule has 2 atom stereocenters. The molecule has 1 aromatic heterocycles. The Bertz CT molecular complexity index is 819. The zero-order valence-corrected chi connectivity index (χ0v) is 16.2. The van der Waals surface area contributed by atoms with Crippen molar-refractivity contribution in [3.05, 3.63) is 12.5 Å². The minimum Gasteiger partial charge on any atom is -0.369 e. The Morgan fingerprint density at radius 3 is 2.74 bits per heavy atom. The van der Waals surface area contributed by atoms with E-state index in [1.54, 1.807) is 14.0 Å². The van der Waals surface area contributed by atoms with E-state index in [4.69, 9.17) is 5.73 Å². The van der Waals surface area contributed by atoms with Crippen LogP contribution in [0, 0.1) is 5.92 Å². The molecule has 0 bridgehead atoms. The van der Waals surface area contributed by atoms with Crippen LogP contribution in [0.4, 0.5) is 0 Å². The molecule has 1 aliphatic rings. The number of ketones is 1. The quantitative estimate of drug-likeness (QED) is 0.612. The number of nitrogens with zero attached hydrogens (tertiary/aromatic N) is 3. The van der Waals surface area contributed by atoms with Gasteiger partial charge in [-0.3, -0.25) is 14.4 Å². The number of Topliss-reactive ketones (excluding diaryl/α,β-unsaturated/α-hetero) is 1. The lowest BCUT2D eigenvalue weighted by atomic mass is 10.0. The molecule has 1 aliphatic heterocycles. The molecule has 2 heterocycles. The molecule has 0 spiro atoms. The van der Waals surface area contributed by atoms with Gasteiger partial charge in [0.1, 0.15) is 0 Å². The highest BCUT2D eigenvalue weighted by molar-refractivity contribution is 7.89. The molecule has 3 N–H and O–H groups in total. The summed E-state index contributed by atoms with van der Waals surface area (Å²) in [5.74, 6) is -1.64. The Hall–Kier alpha value is -2.27. The molecule has 1 fully saturated rings. The lowest BCUT2D eigenvalue weighted by Gasteiger charge is -2.18. The number of aryl methyl sites for hydroxylation is 1. The van der Waals surface area contributed by atoms with E-state index in [9.17, 15) is 22.8 Å². The normalized spacial score (nSPS) is 20.1. The average molecular weight is 399 g/mol. The van der Waals surface area contributed by atoms with Crippen LogP contribution < -0.4 is 11.1 Å². The van der Waals surface area contributed by atoms with Crippen molar-refractivity contribution in [2.75, 3.05) is 13.1 Å². The van der Waals surface area contributed by atoms with Gasteiger partial charge in [0.15, 0.2) is 10.8 Å². The Balaban J connectivity index is 1.97. The van der Waals surface area contributed by atoms with Crippen molar-refractivity contribution < 1.29 is 22.8 Å². The van der Waals surface area contributed by atoms with E-state index in [0.717, 1.165) is 4.31 Å². The average Bonchev–Trinajstić information content (AvgIpc) is 2.95. The highest BCUT2D eigenvalue weighted by Crippen LogP contribution is 2.18. The first-order chi connectivity index (χ1) is 12.6. The molecule has 10 nitrogen and oxygen atoms in total. The second-order valence-electron chi connectivity index (χ2n) is 6.79. The number of carbonyl (C=O) groups is 3. The van der Waals surface area contributed by atoms with Gasteiger partial charge >= 0.3 is 0 Å². The number of amides is 2. The fourth-order valence-corrected chi connectivity index (χ4v) is 4.18. The Labute approximate surface area is 158 Å². The first-order valence-corrected chi connectivity index (χ1v) is 10.1. The summed E-state index contributed by atoms with van der Waals surface area (Å²) in [6.45, 7) is 1.49. The minimum absolute atomic E-state index is 0.0732. The van der Waals surface area contributed by atoms with Crippen LogP contribution in [0.3, 0.4) is 0 Å². The lowest BCUT2D eigenvalue weighted by molar-refractivity contribution is -0.128. The summed E-state index contributed by atoms with van der Waals surface area (Å²) >= 11 is 0. The molecule has 2 amide bonds. The fourth-order valence-electron chi connectivity index (χ4n) is 2.76. The molecule has 27 heavy (non-hydrogen) atoms. The number of carbonyl (C=O) groups excluding carboxylic acids is 3. The summed E-state index contributed by atoms with van der Waals surface area (Å²) in [5, 5.41) is 2.53. The number of nitrogens with two attached hydrogens (primary N) is 1. The maximum Gasteiger partial charge on any atom is 0.262 e. The number of hydrogen-bond acceptors (Lipinski definition) is 6. The summed E-state index contributed by atoms with van der Waals surface area (Å²) in [5.41, 5.74) is 5.16. The Kier molecular flexibility index (Phi) is 6.71. The van der Waals surface area contributed by atoms with E-state index < -0.39 is 27.9 Å². The van der Waals surface area contributed by atoms with Crippen molar-refractivity contribution in [2.45, 2.75) is 43.7 Å². The Morgan fingerprint density at radius 2 is 2.15 bits per heavy atom. The van der Waals surface area contributed by atoms with Gasteiger partial charge in [-0.25, -0.2) is 13.4 Å². The third-order valence-corrected chi connectivity index (χ3v) is 6.26. The summed E-state index contributed by atoms with van der Waals surface area (Å²) in [6, 6.07) is -0.745. The third kappa shape index (κ3) is 5.36. The molecule has 1 unspecified atom stereocenters. The molecule has 1 aromatic rings. The van der Waals surface area contributed by atoms with Crippen LogP contribution in [0.2, 0.25) is 0 Å². The first kappa shape index (κ1) is 21.0. The molecule has 2 rings (SSSR count). The molecule has 0 aliphatic carbocycles. The van der Waals surface area contributed by atoms with Gasteiger partial charge in [-0.15, -0.1) is 0 Å². The van der Waals surface area contributed by atoms with E-state index in [-0.39, 0.29) is 36.2 Å². The molecular formula is C16H25N5O5S. The van der Waals surface area contributed by atoms with E-state index in [2.05, 4.69) is 10.3 Å². The van der Waals surface area contributed by atoms with Crippen molar-refractivity contribution in [3.8, 4) is 0 Å². The SMILES string of the molecule is CC(CCC(=O)N[C@H]1CCCN(S(=O)(=O)c2cn(C)cn2)CC1=O)C(N)=O. The molecular weight excluding hydrogens is 374 g/mol. The van der Waals surface area contributed by atoms with Crippen molar-refractivity contribution in [2.24, 2.45) is 18.7 Å². The van der Waals surface area contributed by atoms with E-state index in [0.29, 0.717) is 19.3 Å². The third-order valence-electron chi connectivity index (χ3n) is 4.53. The number of primary amides is 1. The standard InChI is InChI=1S/C16H25N5O5S/c1-11(16(17)24)5-6-14(23)19-12-4-3-7-21(8-13(12)22)27(25,26)15-9-20(2)10-18-15/h9-12H,3-8H2,1-2H3,(H2,17,24)(H,19,23)/t11?,12-/m0/s1. The van der Waals surface area contributed by atoms with Gasteiger partial charge < -0.3 is 15.6 Å². The lowest BCUT2D eigenvalue weighted by Crippen LogP contribution is -2.44. The van der Waals surface area contributed by atoms with Crippen LogP contribution in [0.5, 0.6) is 0 Å². The van der Waals surface area contributed by atoms with Crippen molar-refractivity contribution in [3.63, 3.8) is 0 Å². The second-order valence-corrected chi connectivity index (χ2v) is 8.67. The molecule has 0 saturated carbocycles. The first-order valence-electron chi connectivity index (χ1n) is 8.70. The van der Waals surface area contributed by atoms with Gasteiger partial charge in [0.05, 0.1) is 18.9 Å². The zero-order chi connectivity index (χ0) is 20.2. The van der Waals surface area contributed by atoms with E-state index in [1.165, 1.54) is 17.1 Å². The van der Waals surface area contributed by atoms with Gasteiger partial charge in [0.25, 0.3) is 10.0 Å². The van der Waals surface area contributed by atoms with Crippen LogP contribution in [0.15, 0.2) is 17.6 Å². The predicted molar refractivity (Wildman–Crippen MR) is 95.7 cm³/mol. The van der Waals surface area contributed by atoms with Crippen LogP contribution >= 0.6 is 0 Å². The number of rotatable bonds is 7. The molecule has 150 valence electrons. The topological polar surface area (TPSA) is 144 Å². The number of hydrogen-bond donors (Lipinski definition) is 2. The van der Waals surface area contributed by atoms with Gasteiger partial charge in [-0.05, 0) is 19.3 Å². The molecule has 0 radical (unpaired) electrons. The van der Waals surface area contributed by atoms with Gasteiger partial charge in [-0.2, -0.15) is 4.31 Å². The monoisotopic (exact) mass is 399 g/mol. The molecule has 11 heteroatoms. The van der Waals surface area contributed by atoms with Crippen LogP contribution in [-0.4, -0.2) is 59.0 Å². The number of nitrogens with one attached hydrogen (secondary N) is 1. The highest BCUT2D eigenvalue weighted by atomic mass is 32.2. The van der Waals surface area contributed by atoms with Gasteiger partial charge in [-0.1, -0.05) is 6.92 Å². The van der Waals surface area contributed by atoms with Crippen LogP contribution in [-0.2, 0) is 31.5 Å². The second kappa shape index (κ2) is 8.61. The molecule has 1 saturated heterocycles. The Morgan fingerprint density at radius 1 is 1.44 bits per heavy atom. The largest absolute Gasteiger partial charge is 0.369 e. The van der Waals surface area contributed by atoms with Crippen molar-refractivity contribution in [1.82, 2.24) is 19.2 Å².